The van der Waals surface area contributed by atoms with Gasteiger partial charge in [0.1, 0.15) is 5.82 Å². The Kier molecular flexibility index (Phi) is 5.76. The van der Waals surface area contributed by atoms with Gasteiger partial charge in [0.05, 0.1) is 17.1 Å². The molecule has 0 saturated heterocycles. The first-order valence-corrected chi connectivity index (χ1v) is 7.89. The summed E-state index contributed by atoms with van der Waals surface area (Å²) in [5.74, 6) is 1.16. The van der Waals surface area contributed by atoms with Crippen LogP contribution in [0.2, 0.25) is 0 Å². The molecule has 0 amide bonds. The molecule has 2 unspecified atom stereocenters. The third kappa shape index (κ3) is 3.83. The number of ether oxygens (including phenoxy) is 1. The summed E-state index contributed by atoms with van der Waals surface area (Å²) in [5, 5.41) is 3.56. The van der Waals surface area contributed by atoms with E-state index in [2.05, 4.69) is 48.9 Å². The zero-order valence-corrected chi connectivity index (χ0v) is 13.6. The van der Waals surface area contributed by atoms with Crippen LogP contribution in [0.15, 0.2) is 24.3 Å². The summed E-state index contributed by atoms with van der Waals surface area (Å²) in [5.41, 5.74) is 2.31. The summed E-state index contributed by atoms with van der Waals surface area (Å²) in [6.45, 7) is 8.36. The quantitative estimate of drug-likeness (QED) is 0.812. The Hall–Kier alpha value is -1.39. The Morgan fingerprint density at radius 2 is 2.05 bits per heavy atom. The average molecular weight is 289 g/mol. The van der Waals surface area contributed by atoms with E-state index in [0.717, 1.165) is 37.3 Å². The van der Waals surface area contributed by atoms with Crippen molar-refractivity contribution in [2.24, 2.45) is 0 Å². The van der Waals surface area contributed by atoms with E-state index in [0.29, 0.717) is 6.04 Å². The standard InChI is InChI=1S/C17H27N3O/c1-5-18-14(11-13(3)21-4)12-17-19-15-9-7-8-10-16(15)20(17)6-2/h7-10,13-14,18H,5-6,11-12H2,1-4H3. The second kappa shape index (κ2) is 7.57. The van der Waals surface area contributed by atoms with Gasteiger partial charge >= 0.3 is 0 Å². The molecule has 0 radical (unpaired) electrons. The maximum atomic E-state index is 5.41. The maximum Gasteiger partial charge on any atom is 0.111 e. The van der Waals surface area contributed by atoms with Crippen LogP contribution in [0.4, 0.5) is 0 Å². The summed E-state index contributed by atoms with van der Waals surface area (Å²) in [6.07, 6.45) is 2.19. The summed E-state index contributed by atoms with van der Waals surface area (Å²) in [7, 11) is 1.77. The number of aryl methyl sites for hydroxylation is 1. The van der Waals surface area contributed by atoms with Crippen molar-refractivity contribution in [1.29, 1.82) is 0 Å². The van der Waals surface area contributed by atoms with Crippen molar-refractivity contribution < 1.29 is 4.74 Å². The zero-order chi connectivity index (χ0) is 15.2. The number of hydrogen-bond donors (Lipinski definition) is 1. The Bertz CT molecular complexity index is 564. The van der Waals surface area contributed by atoms with Gasteiger partial charge in [0.15, 0.2) is 0 Å². The van der Waals surface area contributed by atoms with E-state index in [1.807, 2.05) is 6.07 Å². The van der Waals surface area contributed by atoms with Crippen LogP contribution in [0.3, 0.4) is 0 Å². The summed E-state index contributed by atoms with van der Waals surface area (Å²) < 4.78 is 7.73. The van der Waals surface area contributed by atoms with Gasteiger partial charge in [-0.15, -0.1) is 0 Å². The highest BCUT2D eigenvalue weighted by Gasteiger charge is 2.17. The summed E-state index contributed by atoms with van der Waals surface area (Å²) >= 11 is 0. The Morgan fingerprint density at radius 3 is 2.71 bits per heavy atom. The smallest absolute Gasteiger partial charge is 0.111 e. The molecular weight excluding hydrogens is 262 g/mol. The predicted octanol–water partition coefficient (Wildman–Crippen LogP) is 3.00. The van der Waals surface area contributed by atoms with E-state index in [4.69, 9.17) is 9.72 Å². The van der Waals surface area contributed by atoms with Crippen LogP contribution in [-0.4, -0.2) is 35.4 Å². The van der Waals surface area contributed by atoms with Gasteiger partial charge in [-0.3, -0.25) is 0 Å². The number of methoxy groups -OCH3 is 1. The SMILES string of the molecule is CCNC(Cc1nc2ccccc2n1CC)CC(C)OC. The Morgan fingerprint density at radius 1 is 1.29 bits per heavy atom. The van der Waals surface area contributed by atoms with Gasteiger partial charge in [0.2, 0.25) is 0 Å². The number of para-hydroxylation sites is 2. The van der Waals surface area contributed by atoms with Crippen molar-refractivity contribution in [3.63, 3.8) is 0 Å². The van der Waals surface area contributed by atoms with E-state index in [1.165, 1.54) is 5.52 Å². The first-order valence-electron chi connectivity index (χ1n) is 7.89. The minimum atomic E-state index is 0.258. The molecule has 0 bridgehead atoms. The first-order chi connectivity index (χ1) is 10.2. The lowest BCUT2D eigenvalue weighted by molar-refractivity contribution is 0.100. The molecule has 2 aromatic rings. The molecule has 1 aromatic heterocycles. The van der Waals surface area contributed by atoms with E-state index in [9.17, 15) is 0 Å². The molecule has 1 N–H and O–H groups in total. The molecule has 0 aliphatic heterocycles. The molecule has 0 aliphatic rings. The highest BCUT2D eigenvalue weighted by Crippen LogP contribution is 2.18. The normalized spacial score (nSPS) is 14.5. The lowest BCUT2D eigenvalue weighted by Gasteiger charge is -2.21. The van der Waals surface area contributed by atoms with Crippen molar-refractivity contribution in [1.82, 2.24) is 14.9 Å². The van der Waals surface area contributed by atoms with E-state index in [1.54, 1.807) is 7.11 Å². The molecular formula is C17H27N3O. The lowest BCUT2D eigenvalue weighted by Crippen LogP contribution is -2.35. The van der Waals surface area contributed by atoms with Gasteiger partial charge in [-0.25, -0.2) is 4.98 Å². The third-order valence-electron chi connectivity index (χ3n) is 3.99. The van der Waals surface area contributed by atoms with Crippen LogP contribution in [0.1, 0.15) is 33.0 Å². The molecule has 4 heteroatoms. The van der Waals surface area contributed by atoms with E-state index >= 15 is 0 Å². The number of nitrogens with one attached hydrogen (secondary N) is 1. The van der Waals surface area contributed by atoms with Gasteiger partial charge in [-0.2, -0.15) is 0 Å². The molecule has 116 valence electrons. The lowest BCUT2D eigenvalue weighted by atomic mass is 10.1. The third-order valence-corrected chi connectivity index (χ3v) is 3.99. The van der Waals surface area contributed by atoms with Gasteiger partial charge in [0.25, 0.3) is 0 Å². The van der Waals surface area contributed by atoms with Crippen LogP contribution >= 0.6 is 0 Å². The number of likely N-dealkylation sites (N-methyl/N-ethyl adjacent to an activating group) is 1. The van der Waals surface area contributed by atoms with Crippen LogP contribution in [-0.2, 0) is 17.7 Å². The van der Waals surface area contributed by atoms with Crippen LogP contribution in [0, 0.1) is 0 Å². The fourth-order valence-electron chi connectivity index (χ4n) is 2.88. The molecule has 1 aromatic carbocycles. The van der Waals surface area contributed by atoms with Gasteiger partial charge in [-0.1, -0.05) is 19.1 Å². The maximum absolute atomic E-state index is 5.41. The predicted molar refractivity (Wildman–Crippen MR) is 87.7 cm³/mol. The molecule has 0 saturated carbocycles. The molecule has 1 heterocycles. The minimum Gasteiger partial charge on any atom is -0.382 e. The highest BCUT2D eigenvalue weighted by molar-refractivity contribution is 5.75. The number of imidazole rings is 1. The molecule has 0 fully saturated rings. The van der Waals surface area contributed by atoms with Crippen molar-refractivity contribution in [2.75, 3.05) is 13.7 Å². The van der Waals surface area contributed by atoms with Crippen molar-refractivity contribution in [2.45, 2.75) is 52.3 Å². The number of rotatable bonds is 8. The second-order valence-corrected chi connectivity index (χ2v) is 5.50. The molecule has 2 rings (SSSR count). The highest BCUT2D eigenvalue weighted by atomic mass is 16.5. The van der Waals surface area contributed by atoms with Crippen LogP contribution in [0.25, 0.3) is 11.0 Å². The van der Waals surface area contributed by atoms with Gasteiger partial charge < -0.3 is 14.6 Å². The monoisotopic (exact) mass is 289 g/mol. The van der Waals surface area contributed by atoms with E-state index in [-0.39, 0.29) is 6.10 Å². The van der Waals surface area contributed by atoms with Gasteiger partial charge in [0, 0.05) is 26.1 Å². The second-order valence-electron chi connectivity index (χ2n) is 5.50. The molecule has 2 atom stereocenters. The Balaban J connectivity index is 2.23. The molecule has 4 nitrogen and oxygen atoms in total. The first kappa shape index (κ1) is 16.0. The molecule has 0 aliphatic carbocycles. The van der Waals surface area contributed by atoms with E-state index < -0.39 is 0 Å². The average Bonchev–Trinajstić information content (AvgIpc) is 2.84. The van der Waals surface area contributed by atoms with Crippen LogP contribution in [0.5, 0.6) is 0 Å². The fraction of sp³-hybridized carbons (Fsp3) is 0.588. The molecule has 0 spiro atoms. The van der Waals surface area contributed by atoms with Crippen molar-refractivity contribution in [3.05, 3.63) is 30.1 Å². The topological polar surface area (TPSA) is 39.1 Å². The summed E-state index contributed by atoms with van der Waals surface area (Å²) in [4.78, 5) is 4.82. The number of nitrogens with zero attached hydrogens (tertiary/aromatic N) is 2. The van der Waals surface area contributed by atoms with Crippen molar-refractivity contribution in [3.8, 4) is 0 Å². The fourth-order valence-corrected chi connectivity index (χ4v) is 2.88. The molecule has 21 heavy (non-hydrogen) atoms. The summed E-state index contributed by atoms with van der Waals surface area (Å²) in [6, 6.07) is 8.76. The number of fused-ring (bicyclic) bond motifs is 1. The van der Waals surface area contributed by atoms with Crippen molar-refractivity contribution >= 4 is 11.0 Å². The number of benzene rings is 1. The number of aromatic nitrogens is 2. The minimum absolute atomic E-state index is 0.258. The number of hydrogen-bond acceptors (Lipinski definition) is 3. The van der Waals surface area contributed by atoms with Gasteiger partial charge in [-0.05, 0) is 38.9 Å². The largest absolute Gasteiger partial charge is 0.382 e. The Labute approximate surface area is 127 Å². The zero-order valence-electron chi connectivity index (χ0n) is 13.6. The van der Waals surface area contributed by atoms with Crippen LogP contribution < -0.4 is 5.32 Å².